The molecule has 0 aliphatic heterocycles. The van der Waals surface area contributed by atoms with Crippen LogP contribution < -0.4 is 0 Å². The molecule has 0 aliphatic carbocycles. The van der Waals surface area contributed by atoms with Gasteiger partial charge in [0.15, 0.2) is 0 Å². The molecule has 0 aliphatic rings. The molecule has 0 spiro atoms. The van der Waals surface area contributed by atoms with Crippen molar-refractivity contribution in [2.24, 2.45) is 0 Å². The van der Waals surface area contributed by atoms with E-state index >= 15 is 0 Å². The highest BCUT2D eigenvalue weighted by atomic mass is 16.5. The molecular formula is C17H21N3O2. The number of rotatable bonds is 7. The Bertz CT molecular complexity index is 745. The van der Waals surface area contributed by atoms with E-state index in [1.807, 2.05) is 19.1 Å². The molecule has 0 amide bonds. The molecule has 5 nitrogen and oxygen atoms in total. The fourth-order valence-corrected chi connectivity index (χ4v) is 2.60. The van der Waals surface area contributed by atoms with E-state index in [2.05, 4.69) is 39.9 Å². The highest BCUT2D eigenvalue weighted by Crippen LogP contribution is 2.27. The lowest BCUT2D eigenvalue weighted by Gasteiger charge is -2.08. The number of ether oxygens (including phenoxy) is 1. The van der Waals surface area contributed by atoms with Crippen molar-refractivity contribution in [2.75, 3.05) is 13.2 Å². The Balaban J connectivity index is 2.00. The van der Waals surface area contributed by atoms with Gasteiger partial charge in [-0.1, -0.05) is 25.1 Å². The Morgan fingerprint density at radius 2 is 2.05 bits per heavy atom. The predicted molar refractivity (Wildman–Crippen MR) is 85.7 cm³/mol. The maximum Gasteiger partial charge on any atom is 0.264 e. The topological polar surface area (TPSA) is 53.1 Å². The number of benzene rings is 1. The summed E-state index contributed by atoms with van der Waals surface area (Å²) in [5.74, 6) is 1.27. The second-order valence-electron chi connectivity index (χ2n) is 5.19. The molecule has 0 fully saturated rings. The van der Waals surface area contributed by atoms with Gasteiger partial charge in [-0.15, -0.1) is 10.2 Å². The second-order valence-corrected chi connectivity index (χ2v) is 5.19. The van der Waals surface area contributed by atoms with Gasteiger partial charge >= 0.3 is 0 Å². The fraction of sp³-hybridized carbons (Fsp3) is 0.412. The number of hydrogen-bond acceptors (Lipinski definition) is 4. The van der Waals surface area contributed by atoms with E-state index in [0.29, 0.717) is 18.4 Å². The molecule has 5 heteroatoms. The van der Waals surface area contributed by atoms with Gasteiger partial charge in [0.25, 0.3) is 5.89 Å². The standard InChI is InChI=1S/C17H21N3O2/c1-3-7-16-18-19-17(22-16)15-12-13-8-5-6-9-14(13)20(15)10-11-21-4-2/h5-6,8-9,12H,3-4,7,10-11H2,1-2H3. The average molecular weight is 299 g/mol. The molecule has 0 saturated carbocycles. The van der Waals surface area contributed by atoms with Crippen LogP contribution in [0.25, 0.3) is 22.5 Å². The van der Waals surface area contributed by atoms with Gasteiger partial charge in [0.2, 0.25) is 5.89 Å². The van der Waals surface area contributed by atoms with Crippen LogP contribution in [0, 0.1) is 0 Å². The fourth-order valence-electron chi connectivity index (χ4n) is 2.60. The van der Waals surface area contributed by atoms with Crippen LogP contribution in [-0.2, 0) is 17.7 Å². The van der Waals surface area contributed by atoms with Crippen molar-refractivity contribution in [2.45, 2.75) is 33.2 Å². The van der Waals surface area contributed by atoms with Gasteiger partial charge in [0, 0.05) is 30.5 Å². The van der Waals surface area contributed by atoms with Crippen LogP contribution in [-0.4, -0.2) is 28.0 Å². The minimum absolute atomic E-state index is 0.580. The van der Waals surface area contributed by atoms with Crippen LogP contribution in [0.2, 0.25) is 0 Å². The Kier molecular flexibility index (Phi) is 4.53. The number of aryl methyl sites for hydroxylation is 1. The van der Waals surface area contributed by atoms with E-state index < -0.39 is 0 Å². The molecule has 2 aromatic heterocycles. The van der Waals surface area contributed by atoms with Gasteiger partial charge < -0.3 is 13.7 Å². The first kappa shape index (κ1) is 14.8. The summed E-state index contributed by atoms with van der Waals surface area (Å²) in [5, 5.41) is 9.51. The molecule has 116 valence electrons. The summed E-state index contributed by atoms with van der Waals surface area (Å²) in [6.07, 6.45) is 1.81. The van der Waals surface area contributed by atoms with Gasteiger partial charge in [-0.25, -0.2) is 0 Å². The molecule has 0 unspecified atom stereocenters. The van der Waals surface area contributed by atoms with Crippen LogP contribution in [0.3, 0.4) is 0 Å². The lowest BCUT2D eigenvalue weighted by Crippen LogP contribution is -2.07. The molecule has 2 heterocycles. The molecule has 0 saturated heterocycles. The third-order valence-electron chi connectivity index (χ3n) is 3.62. The number of para-hydroxylation sites is 1. The van der Waals surface area contributed by atoms with Crippen molar-refractivity contribution in [1.82, 2.24) is 14.8 Å². The zero-order valence-electron chi connectivity index (χ0n) is 13.1. The summed E-state index contributed by atoms with van der Waals surface area (Å²) in [4.78, 5) is 0. The first-order chi connectivity index (χ1) is 10.8. The van der Waals surface area contributed by atoms with Crippen LogP contribution >= 0.6 is 0 Å². The van der Waals surface area contributed by atoms with E-state index in [1.165, 1.54) is 5.39 Å². The Morgan fingerprint density at radius 1 is 1.18 bits per heavy atom. The normalized spacial score (nSPS) is 11.4. The summed E-state index contributed by atoms with van der Waals surface area (Å²) < 4.78 is 13.5. The molecular weight excluding hydrogens is 278 g/mol. The molecule has 0 N–H and O–H groups in total. The Morgan fingerprint density at radius 3 is 2.86 bits per heavy atom. The number of nitrogens with zero attached hydrogens (tertiary/aromatic N) is 3. The van der Waals surface area contributed by atoms with E-state index in [0.717, 1.165) is 37.2 Å². The molecule has 0 bridgehead atoms. The second kappa shape index (κ2) is 6.75. The monoisotopic (exact) mass is 299 g/mol. The van der Waals surface area contributed by atoms with Gasteiger partial charge in [0.05, 0.1) is 6.61 Å². The number of aromatic nitrogens is 3. The Labute approximate surface area is 129 Å². The summed E-state index contributed by atoms with van der Waals surface area (Å²) in [6, 6.07) is 10.4. The molecule has 0 atom stereocenters. The summed E-state index contributed by atoms with van der Waals surface area (Å²) >= 11 is 0. The van der Waals surface area contributed by atoms with E-state index in [-0.39, 0.29) is 0 Å². The quantitative estimate of drug-likeness (QED) is 0.624. The summed E-state index contributed by atoms with van der Waals surface area (Å²) in [5.41, 5.74) is 2.11. The molecule has 3 rings (SSSR count). The maximum atomic E-state index is 5.80. The van der Waals surface area contributed by atoms with Crippen molar-refractivity contribution < 1.29 is 9.15 Å². The highest BCUT2D eigenvalue weighted by molar-refractivity contribution is 5.85. The lowest BCUT2D eigenvalue weighted by atomic mass is 10.2. The van der Waals surface area contributed by atoms with Crippen LogP contribution in [0.5, 0.6) is 0 Å². The lowest BCUT2D eigenvalue weighted by molar-refractivity contribution is 0.140. The highest BCUT2D eigenvalue weighted by Gasteiger charge is 2.15. The van der Waals surface area contributed by atoms with Gasteiger partial charge in [-0.05, 0) is 25.5 Å². The van der Waals surface area contributed by atoms with E-state index in [9.17, 15) is 0 Å². The first-order valence-electron chi connectivity index (χ1n) is 7.82. The minimum atomic E-state index is 0.580. The van der Waals surface area contributed by atoms with Crippen LogP contribution in [0.1, 0.15) is 26.2 Å². The predicted octanol–water partition coefficient (Wildman–Crippen LogP) is 3.68. The number of fused-ring (bicyclic) bond motifs is 1. The molecule has 0 radical (unpaired) electrons. The van der Waals surface area contributed by atoms with Crippen LogP contribution in [0.15, 0.2) is 34.7 Å². The van der Waals surface area contributed by atoms with Crippen molar-refractivity contribution in [1.29, 1.82) is 0 Å². The third kappa shape index (κ3) is 2.90. The SMILES string of the molecule is CCCc1nnc(-c2cc3ccccc3n2CCOCC)o1. The van der Waals surface area contributed by atoms with Gasteiger partial charge in [-0.2, -0.15) is 0 Å². The van der Waals surface area contributed by atoms with Gasteiger partial charge in [-0.3, -0.25) is 0 Å². The van der Waals surface area contributed by atoms with Crippen molar-refractivity contribution in [3.8, 4) is 11.6 Å². The first-order valence-corrected chi connectivity index (χ1v) is 7.82. The number of hydrogen-bond donors (Lipinski definition) is 0. The van der Waals surface area contributed by atoms with E-state index in [1.54, 1.807) is 0 Å². The van der Waals surface area contributed by atoms with Crippen molar-refractivity contribution in [3.63, 3.8) is 0 Å². The smallest absolute Gasteiger partial charge is 0.264 e. The third-order valence-corrected chi connectivity index (χ3v) is 3.62. The molecule has 1 aromatic carbocycles. The maximum absolute atomic E-state index is 5.80. The minimum Gasteiger partial charge on any atom is -0.419 e. The summed E-state index contributed by atoms with van der Waals surface area (Å²) in [6.45, 7) is 6.25. The van der Waals surface area contributed by atoms with Gasteiger partial charge in [0.1, 0.15) is 5.69 Å². The molecule has 22 heavy (non-hydrogen) atoms. The van der Waals surface area contributed by atoms with Crippen molar-refractivity contribution >= 4 is 10.9 Å². The zero-order valence-corrected chi connectivity index (χ0v) is 13.1. The zero-order chi connectivity index (χ0) is 15.4. The van der Waals surface area contributed by atoms with Crippen LogP contribution in [0.4, 0.5) is 0 Å². The largest absolute Gasteiger partial charge is 0.419 e. The van der Waals surface area contributed by atoms with E-state index in [4.69, 9.17) is 9.15 Å². The average Bonchev–Trinajstić information content (AvgIpc) is 3.13. The Hall–Kier alpha value is -2.14. The van der Waals surface area contributed by atoms with Crippen molar-refractivity contribution in [3.05, 3.63) is 36.2 Å². The molecule has 3 aromatic rings. The summed E-state index contributed by atoms with van der Waals surface area (Å²) in [7, 11) is 0.